The zero-order valence-electron chi connectivity index (χ0n) is 18.3. The highest BCUT2D eigenvalue weighted by molar-refractivity contribution is 7.99. The maximum absolute atomic E-state index is 6.94. The minimum atomic E-state index is -0.290. The van der Waals surface area contributed by atoms with Crippen LogP contribution in [0.3, 0.4) is 0 Å². The molecular weight excluding hydrogens is 509 g/mol. The number of anilines is 1. The Morgan fingerprint density at radius 3 is 2.68 bits per heavy atom. The molecule has 0 bridgehead atoms. The van der Waals surface area contributed by atoms with Crippen molar-refractivity contribution in [1.82, 2.24) is 14.9 Å². The van der Waals surface area contributed by atoms with Crippen LogP contribution in [0.2, 0.25) is 10.0 Å². The lowest BCUT2D eigenvalue weighted by molar-refractivity contribution is 0.0690. The van der Waals surface area contributed by atoms with Crippen LogP contribution in [0.25, 0.3) is 0 Å². The second-order valence-electron chi connectivity index (χ2n) is 9.34. The lowest BCUT2D eigenvalue weighted by Crippen LogP contribution is -2.50. The third-order valence-corrected chi connectivity index (χ3v) is 9.85. The zero-order chi connectivity index (χ0) is 23.4. The minimum Gasteiger partial charge on any atom is -0.351 e. The molecule has 1 aromatic heterocycles. The molecule has 5 nitrogen and oxygen atoms in total. The zero-order valence-corrected chi connectivity index (χ0v) is 21.4. The molecule has 9 heteroatoms. The van der Waals surface area contributed by atoms with Crippen molar-refractivity contribution in [3.63, 3.8) is 0 Å². The van der Waals surface area contributed by atoms with Crippen LogP contribution in [0.15, 0.2) is 58.6 Å². The summed E-state index contributed by atoms with van der Waals surface area (Å²) in [4.78, 5) is 12.7. The van der Waals surface area contributed by atoms with Crippen LogP contribution < -0.4 is 11.1 Å². The Labute approximate surface area is 218 Å². The summed E-state index contributed by atoms with van der Waals surface area (Å²) in [6, 6.07) is 14.3. The van der Waals surface area contributed by atoms with Gasteiger partial charge in [-0.2, -0.15) is 0 Å². The van der Waals surface area contributed by atoms with Crippen LogP contribution in [0.1, 0.15) is 41.1 Å². The van der Waals surface area contributed by atoms with Crippen molar-refractivity contribution in [3.05, 3.63) is 75.5 Å². The van der Waals surface area contributed by atoms with Gasteiger partial charge in [0.15, 0.2) is 5.82 Å². The van der Waals surface area contributed by atoms with Crippen LogP contribution in [0.5, 0.6) is 0 Å². The third kappa shape index (κ3) is 3.80. The van der Waals surface area contributed by atoms with Crippen molar-refractivity contribution >= 4 is 52.4 Å². The van der Waals surface area contributed by atoms with Gasteiger partial charge < -0.3 is 11.1 Å². The Morgan fingerprint density at radius 2 is 1.88 bits per heavy atom. The molecule has 1 aliphatic carbocycles. The van der Waals surface area contributed by atoms with Crippen LogP contribution in [-0.2, 0) is 6.42 Å². The second-order valence-corrected chi connectivity index (χ2v) is 11.7. The predicted molar refractivity (Wildman–Crippen MR) is 139 cm³/mol. The number of fused-ring (bicyclic) bond motifs is 2. The van der Waals surface area contributed by atoms with Gasteiger partial charge in [-0.3, -0.25) is 4.90 Å². The Bertz CT molecular complexity index is 1250. The summed E-state index contributed by atoms with van der Waals surface area (Å²) >= 11 is 20.9. The first-order valence-corrected chi connectivity index (χ1v) is 13.4. The second kappa shape index (κ2) is 8.84. The van der Waals surface area contributed by atoms with Crippen LogP contribution in [-0.4, -0.2) is 34.1 Å². The van der Waals surface area contributed by atoms with E-state index in [0.29, 0.717) is 10.0 Å². The summed E-state index contributed by atoms with van der Waals surface area (Å²) in [5.41, 5.74) is 10.4. The number of halogens is 3. The molecule has 34 heavy (non-hydrogen) atoms. The molecule has 2 aromatic carbocycles. The number of aromatic nitrogens is 2. The molecule has 3 heterocycles. The molecule has 2 aliphatic heterocycles. The van der Waals surface area contributed by atoms with Crippen molar-refractivity contribution in [2.24, 2.45) is 11.1 Å². The van der Waals surface area contributed by atoms with Crippen molar-refractivity contribution in [3.8, 4) is 0 Å². The molecular formula is C25H24Cl3N5S. The van der Waals surface area contributed by atoms with Crippen molar-refractivity contribution in [2.45, 2.75) is 46.8 Å². The summed E-state index contributed by atoms with van der Waals surface area (Å²) in [6.07, 6.45) is 4.88. The topological polar surface area (TPSA) is 67.1 Å². The number of hydrogen-bond donors (Lipinski definition) is 2. The SMILES string of the molecule is N[C@@H]1c2ccccc2CC12CCN(C1Nc3ncc(Sc4cccc(Cl)c4Cl)nc3C1Cl)CC2. The van der Waals surface area contributed by atoms with Crippen LogP contribution in [0.4, 0.5) is 5.82 Å². The summed E-state index contributed by atoms with van der Waals surface area (Å²) in [7, 11) is 0. The molecule has 0 saturated carbocycles. The quantitative estimate of drug-likeness (QED) is 0.386. The fraction of sp³-hybridized carbons (Fsp3) is 0.360. The third-order valence-electron chi connectivity index (χ3n) is 7.51. The molecule has 1 fully saturated rings. The summed E-state index contributed by atoms with van der Waals surface area (Å²) < 4.78 is 0. The highest BCUT2D eigenvalue weighted by Crippen LogP contribution is 2.51. The molecule has 0 amide bonds. The molecule has 6 rings (SSSR count). The summed E-state index contributed by atoms with van der Waals surface area (Å²) in [6.45, 7) is 1.88. The Morgan fingerprint density at radius 1 is 1.09 bits per heavy atom. The number of nitrogens with one attached hydrogen (secondary N) is 1. The molecule has 176 valence electrons. The Kier molecular flexibility index (Phi) is 5.95. The molecule has 1 spiro atoms. The van der Waals surface area contributed by atoms with E-state index in [1.807, 2.05) is 12.1 Å². The average Bonchev–Trinajstić information content (AvgIpc) is 3.32. The number of nitrogens with zero attached hydrogens (tertiary/aromatic N) is 3. The van der Waals surface area contributed by atoms with Gasteiger partial charge in [0.2, 0.25) is 0 Å². The smallest absolute Gasteiger partial charge is 0.150 e. The van der Waals surface area contributed by atoms with Gasteiger partial charge in [0.25, 0.3) is 0 Å². The van der Waals surface area contributed by atoms with Crippen molar-refractivity contribution < 1.29 is 0 Å². The normalized spacial score (nSPS) is 25.2. The van der Waals surface area contributed by atoms with Crippen molar-refractivity contribution in [2.75, 3.05) is 18.4 Å². The standard InChI is InChI=1S/C25H24Cl3N5S/c26-16-6-3-7-17(19(16)27)34-18-13-30-23-21(31-18)20(28)24(32-23)33-10-8-25(9-11-33)12-14-4-1-2-5-15(14)22(25)29/h1-7,13,20,22,24H,8-12,29H2,(H,30,32)/t20?,22-,24?/m1/s1. The average molecular weight is 533 g/mol. The number of likely N-dealkylation sites (tertiary alicyclic amines) is 1. The maximum Gasteiger partial charge on any atom is 0.150 e. The first-order chi connectivity index (χ1) is 16.4. The van der Waals surface area contributed by atoms with E-state index in [9.17, 15) is 0 Å². The van der Waals surface area contributed by atoms with E-state index >= 15 is 0 Å². The van der Waals surface area contributed by atoms with Gasteiger partial charge in [-0.15, -0.1) is 11.6 Å². The highest BCUT2D eigenvalue weighted by atomic mass is 35.5. The van der Waals surface area contributed by atoms with E-state index in [2.05, 4.69) is 39.5 Å². The molecule has 0 radical (unpaired) electrons. The fourth-order valence-electron chi connectivity index (χ4n) is 5.61. The van der Waals surface area contributed by atoms with E-state index in [1.165, 1.54) is 22.9 Å². The molecule has 3 aliphatic rings. The lowest BCUT2D eigenvalue weighted by atomic mass is 9.73. The predicted octanol–water partition coefficient (Wildman–Crippen LogP) is 6.30. The van der Waals surface area contributed by atoms with Gasteiger partial charge in [-0.1, -0.05) is 65.3 Å². The summed E-state index contributed by atoms with van der Waals surface area (Å²) in [5, 5.41) is 4.99. The van der Waals surface area contributed by atoms with E-state index in [4.69, 9.17) is 45.5 Å². The van der Waals surface area contributed by atoms with Gasteiger partial charge in [-0.25, -0.2) is 9.97 Å². The van der Waals surface area contributed by atoms with Crippen molar-refractivity contribution in [1.29, 1.82) is 0 Å². The number of nitrogens with two attached hydrogens (primary N) is 1. The van der Waals surface area contributed by atoms with E-state index < -0.39 is 0 Å². The van der Waals surface area contributed by atoms with Gasteiger partial charge in [0.05, 0.1) is 16.2 Å². The number of piperidine rings is 1. The number of alkyl halides is 1. The van der Waals surface area contributed by atoms with Crippen LogP contribution >= 0.6 is 46.6 Å². The van der Waals surface area contributed by atoms with E-state index in [0.717, 1.165) is 53.8 Å². The molecule has 3 atom stereocenters. The van der Waals surface area contributed by atoms with Gasteiger partial charge in [0, 0.05) is 24.0 Å². The van der Waals surface area contributed by atoms with Gasteiger partial charge in [-0.05, 0) is 47.9 Å². The highest BCUT2D eigenvalue weighted by Gasteiger charge is 2.48. The Balaban J connectivity index is 1.15. The monoisotopic (exact) mass is 531 g/mol. The number of hydrogen-bond acceptors (Lipinski definition) is 6. The fourth-order valence-corrected chi connectivity index (χ4v) is 7.27. The number of benzene rings is 2. The summed E-state index contributed by atoms with van der Waals surface area (Å²) in [5.74, 6) is 0.747. The first-order valence-electron chi connectivity index (χ1n) is 11.4. The molecule has 2 unspecified atom stereocenters. The largest absolute Gasteiger partial charge is 0.351 e. The Hall–Kier alpha value is -1.54. The lowest BCUT2D eigenvalue weighted by Gasteiger charge is -2.44. The van der Waals surface area contributed by atoms with Gasteiger partial charge in [0.1, 0.15) is 22.3 Å². The minimum absolute atomic E-state index is 0.0379. The molecule has 1 saturated heterocycles. The van der Waals surface area contributed by atoms with E-state index in [1.54, 1.807) is 12.3 Å². The first kappa shape index (κ1) is 22.9. The van der Waals surface area contributed by atoms with Crippen LogP contribution in [0, 0.1) is 5.41 Å². The van der Waals surface area contributed by atoms with E-state index in [-0.39, 0.29) is 23.0 Å². The molecule has 3 aromatic rings. The maximum atomic E-state index is 6.94. The molecule has 3 N–H and O–H groups in total. The van der Waals surface area contributed by atoms with Gasteiger partial charge >= 0.3 is 0 Å². The number of rotatable bonds is 3.